The Morgan fingerprint density at radius 3 is 2.56 bits per heavy atom. The molecule has 0 unspecified atom stereocenters. The van der Waals surface area contributed by atoms with Crippen LogP contribution in [0.3, 0.4) is 0 Å². The Morgan fingerprint density at radius 2 is 1.88 bits per heavy atom. The third-order valence-electron chi connectivity index (χ3n) is 2.18. The number of rotatable bonds is 2. The number of ether oxygens (including phenoxy) is 1. The van der Waals surface area contributed by atoms with E-state index < -0.39 is 0 Å². The summed E-state index contributed by atoms with van der Waals surface area (Å²) in [6.45, 7) is 1.92. The molecule has 0 aromatic carbocycles. The molecule has 0 aliphatic carbocycles. The molecule has 2 aromatic rings. The van der Waals surface area contributed by atoms with Crippen molar-refractivity contribution >= 4 is 5.69 Å². The molecule has 2 rings (SSSR count). The lowest BCUT2D eigenvalue weighted by atomic mass is 10.1. The fourth-order valence-electron chi connectivity index (χ4n) is 1.48. The highest BCUT2D eigenvalue weighted by atomic mass is 16.5. The van der Waals surface area contributed by atoms with Crippen LogP contribution < -0.4 is 10.5 Å². The first-order valence-electron chi connectivity index (χ1n) is 4.80. The Kier molecular flexibility index (Phi) is 2.68. The Balaban J connectivity index is 2.58. The topological polar surface area (TPSA) is 73.9 Å². The van der Waals surface area contributed by atoms with Gasteiger partial charge in [-0.3, -0.25) is 4.98 Å². The lowest BCUT2D eigenvalue weighted by Gasteiger charge is -2.07. The highest BCUT2D eigenvalue weighted by Crippen LogP contribution is 2.26. The summed E-state index contributed by atoms with van der Waals surface area (Å²) in [5, 5.41) is 0. The van der Waals surface area contributed by atoms with Crippen LogP contribution in [-0.2, 0) is 0 Å². The number of nitrogens with two attached hydrogens (primary N) is 1. The molecule has 0 saturated carbocycles. The van der Waals surface area contributed by atoms with Gasteiger partial charge in [-0.1, -0.05) is 0 Å². The molecule has 0 atom stereocenters. The molecule has 16 heavy (non-hydrogen) atoms. The van der Waals surface area contributed by atoms with Crippen LogP contribution in [0.1, 0.15) is 5.56 Å². The molecule has 2 aromatic heterocycles. The zero-order valence-electron chi connectivity index (χ0n) is 9.14. The second-order valence-electron chi connectivity index (χ2n) is 3.35. The first-order valence-corrected chi connectivity index (χ1v) is 4.80. The van der Waals surface area contributed by atoms with Gasteiger partial charge in [0.15, 0.2) is 5.69 Å². The summed E-state index contributed by atoms with van der Waals surface area (Å²) >= 11 is 0. The molecule has 0 fully saturated rings. The van der Waals surface area contributed by atoms with Crippen molar-refractivity contribution in [1.82, 2.24) is 15.0 Å². The molecule has 0 bridgehead atoms. The zero-order chi connectivity index (χ0) is 11.5. The van der Waals surface area contributed by atoms with Crippen LogP contribution in [0.4, 0.5) is 5.69 Å². The molecular formula is C11H12N4O. The third kappa shape index (κ3) is 1.79. The van der Waals surface area contributed by atoms with Gasteiger partial charge in [0.25, 0.3) is 0 Å². The quantitative estimate of drug-likeness (QED) is 0.822. The maximum absolute atomic E-state index is 5.65. The molecule has 0 amide bonds. The van der Waals surface area contributed by atoms with Crippen LogP contribution in [0.15, 0.2) is 24.7 Å². The number of nitrogen functional groups attached to an aromatic ring is 1. The van der Waals surface area contributed by atoms with Crippen LogP contribution in [0.25, 0.3) is 11.4 Å². The van der Waals surface area contributed by atoms with Crippen molar-refractivity contribution in [2.75, 3.05) is 12.8 Å². The maximum atomic E-state index is 5.65. The van der Waals surface area contributed by atoms with Crippen LogP contribution >= 0.6 is 0 Å². The molecule has 2 N–H and O–H groups in total. The summed E-state index contributed by atoms with van der Waals surface area (Å²) in [5.41, 5.74) is 8.58. The number of nitrogens with zero attached hydrogens (tertiary/aromatic N) is 3. The van der Waals surface area contributed by atoms with Crippen molar-refractivity contribution < 1.29 is 4.74 Å². The van der Waals surface area contributed by atoms with E-state index >= 15 is 0 Å². The van der Waals surface area contributed by atoms with Crippen molar-refractivity contribution in [2.24, 2.45) is 0 Å². The van der Waals surface area contributed by atoms with E-state index in [1.807, 2.05) is 13.0 Å². The number of hydrogen-bond acceptors (Lipinski definition) is 5. The maximum Gasteiger partial charge on any atom is 0.241 e. The Bertz CT molecular complexity index is 513. The lowest BCUT2D eigenvalue weighted by molar-refractivity contribution is 0.397. The largest absolute Gasteiger partial charge is 0.479 e. The first-order chi connectivity index (χ1) is 7.72. The summed E-state index contributed by atoms with van der Waals surface area (Å²) < 4.78 is 5.14. The predicted molar refractivity (Wildman–Crippen MR) is 61.0 cm³/mol. The third-order valence-corrected chi connectivity index (χ3v) is 2.18. The minimum Gasteiger partial charge on any atom is -0.479 e. The molecule has 5 heteroatoms. The van der Waals surface area contributed by atoms with Gasteiger partial charge in [-0.25, -0.2) is 9.97 Å². The zero-order valence-corrected chi connectivity index (χ0v) is 9.14. The fraction of sp³-hybridized carbons (Fsp3) is 0.182. The highest BCUT2D eigenvalue weighted by Gasteiger charge is 2.12. The second-order valence-corrected chi connectivity index (χ2v) is 3.35. The van der Waals surface area contributed by atoms with Crippen molar-refractivity contribution in [2.45, 2.75) is 6.92 Å². The van der Waals surface area contributed by atoms with Crippen LogP contribution in [0.5, 0.6) is 5.88 Å². The average Bonchev–Trinajstić information content (AvgIpc) is 2.29. The summed E-state index contributed by atoms with van der Waals surface area (Å²) in [5.74, 6) is 0.461. The molecular weight excluding hydrogens is 204 g/mol. The van der Waals surface area contributed by atoms with E-state index in [9.17, 15) is 0 Å². The minimum atomic E-state index is 0.461. The van der Waals surface area contributed by atoms with E-state index in [4.69, 9.17) is 10.5 Å². The molecule has 0 spiro atoms. The number of pyridine rings is 1. The normalized spacial score (nSPS) is 10.1. The number of hydrogen-bond donors (Lipinski definition) is 1. The molecule has 0 aliphatic heterocycles. The Labute approximate surface area is 93.3 Å². The van der Waals surface area contributed by atoms with Crippen LogP contribution in [0, 0.1) is 6.92 Å². The van der Waals surface area contributed by atoms with Crippen molar-refractivity contribution in [3.63, 3.8) is 0 Å². The Morgan fingerprint density at radius 1 is 1.12 bits per heavy atom. The van der Waals surface area contributed by atoms with E-state index in [0.717, 1.165) is 11.3 Å². The van der Waals surface area contributed by atoms with E-state index in [0.29, 0.717) is 17.3 Å². The Hall–Kier alpha value is -2.17. The van der Waals surface area contributed by atoms with E-state index in [2.05, 4.69) is 15.0 Å². The average molecular weight is 216 g/mol. The first kappa shape index (κ1) is 10.4. The monoisotopic (exact) mass is 216 g/mol. The molecule has 0 aliphatic rings. The SMILES string of the molecule is COc1nccnc1-c1ncc(N)cc1C. The molecule has 0 saturated heterocycles. The standard InChI is InChI=1S/C11H12N4O/c1-7-5-8(12)6-15-9(7)10-11(16-2)14-4-3-13-10/h3-6H,12H2,1-2H3. The number of aromatic nitrogens is 3. The van der Waals surface area contributed by atoms with Gasteiger partial charge in [-0.2, -0.15) is 0 Å². The predicted octanol–water partition coefficient (Wildman–Crippen LogP) is 1.44. The fourth-order valence-corrected chi connectivity index (χ4v) is 1.48. The summed E-state index contributed by atoms with van der Waals surface area (Å²) in [6, 6.07) is 1.84. The summed E-state index contributed by atoms with van der Waals surface area (Å²) in [6.07, 6.45) is 4.78. The van der Waals surface area contributed by atoms with E-state index in [1.165, 1.54) is 0 Å². The second kappa shape index (κ2) is 4.14. The van der Waals surface area contributed by atoms with E-state index in [1.54, 1.807) is 25.7 Å². The lowest BCUT2D eigenvalue weighted by Crippen LogP contribution is -1.98. The summed E-state index contributed by atoms with van der Waals surface area (Å²) in [7, 11) is 1.56. The van der Waals surface area contributed by atoms with Gasteiger partial charge in [0.1, 0.15) is 0 Å². The van der Waals surface area contributed by atoms with Gasteiger partial charge in [0.05, 0.1) is 24.7 Å². The van der Waals surface area contributed by atoms with Crippen molar-refractivity contribution in [1.29, 1.82) is 0 Å². The van der Waals surface area contributed by atoms with Crippen molar-refractivity contribution in [3.8, 4) is 17.3 Å². The van der Waals surface area contributed by atoms with Gasteiger partial charge in [0, 0.05) is 12.4 Å². The van der Waals surface area contributed by atoms with E-state index in [-0.39, 0.29) is 0 Å². The number of anilines is 1. The van der Waals surface area contributed by atoms with Crippen LogP contribution in [-0.4, -0.2) is 22.1 Å². The van der Waals surface area contributed by atoms with Crippen molar-refractivity contribution in [3.05, 3.63) is 30.2 Å². The smallest absolute Gasteiger partial charge is 0.241 e. The van der Waals surface area contributed by atoms with Gasteiger partial charge in [-0.05, 0) is 18.6 Å². The summed E-state index contributed by atoms with van der Waals surface area (Å²) in [4.78, 5) is 12.5. The highest BCUT2D eigenvalue weighted by molar-refractivity contribution is 5.65. The van der Waals surface area contributed by atoms with Crippen LogP contribution in [0.2, 0.25) is 0 Å². The molecule has 5 nitrogen and oxygen atoms in total. The minimum absolute atomic E-state index is 0.461. The van der Waals surface area contributed by atoms with Gasteiger partial charge >= 0.3 is 0 Å². The van der Waals surface area contributed by atoms with Gasteiger partial charge < -0.3 is 10.5 Å². The van der Waals surface area contributed by atoms with Gasteiger partial charge in [-0.15, -0.1) is 0 Å². The molecule has 0 radical (unpaired) electrons. The number of methoxy groups -OCH3 is 1. The van der Waals surface area contributed by atoms with Gasteiger partial charge in [0.2, 0.25) is 5.88 Å². The number of aryl methyl sites for hydroxylation is 1. The molecule has 2 heterocycles. The molecule has 82 valence electrons.